The van der Waals surface area contributed by atoms with Gasteiger partial charge in [0.25, 0.3) is 0 Å². The lowest BCUT2D eigenvalue weighted by Gasteiger charge is -2.22. The van der Waals surface area contributed by atoms with Crippen LogP contribution in [0.2, 0.25) is 5.02 Å². The number of hydrogen-bond acceptors (Lipinski definition) is 5. The van der Waals surface area contributed by atoms with E-state index in [9.17, 15) is 9.59 Å². The molecule has 7 heteroatoms. The maximum Gasteiger partial charge on any atom is 0.338 e. The summed E-state index contributed by atoms with van der Waals surface area (Å²) in [4.78, 5) is 30.7. The SMILES string of the molecule is CC(=O)N(c1nc(COC(=O)c2ccc(C)c(C)c2)cs1)c1c(C)cc(C)cc1Cl. The minimum atomic E-state index is -0.409. The molecule has 0 aliphatic heterocycles. The van der Waals surface area contributed by atoms with Crippen LogP contribution in [-0.4, -0.2) is 16.9 Å². The Morgan fingerprint density at radius 2 is 1.80 bits per heavy atom. The number of benzene rings is 2. The van der Waals surface area contributed by atoms with Crippen LogP contribution in [0.1, 0.15) is 45.2 Å². The summed E-state index contributed by atoms with van der Waals surface area (Å²) in [5.41, 5.74) is 5.73. The van der Waals surface area contributed by atoms with Crippen LogP contribution < -0.4 is 4.90 Å². The van der Waals surface area contributed by atoms with Crippen LogP contribution in [0.15, 0.2) is 35.7 Å². The molecule has 0 aliphatic carbocycles. The number of anilines is 2. The Balaban J connectivity index is 1.79. The quantitative estimate of drug-likeness (QED) is 0.450. The Morgan fingerprint density at radius 1 is 1.07 bits per heavy atom. The molecule has 5 nitrogen and oxygen atoms in total. The smallest absolute Gasteiger partial charge is 0.338 e. The van der Waals surface area contributed by atoms with Crippen molar-refractivity contribution in [2.45, 2.75) is 41.2 Å². The number of halogens is 1. The normalized spacial score (nSPS) is 10.7. The standard InChI is InChI=1S/C23H23ClN2O3S/c1-13-8-16(4)21(20(24)9-13)26(17(5)27)23-25-19(12-30-23)11-29-22(28)18-7-6-14(2)15(3)10-18/h6-10,12H,11H2,1-5H3. The zero-order chi connectivity index (χ0) is 22.0. The highest BCUT2D eigenvalue weighted by Gasteiger charge is 2.23. The molecule has 0 atom stereocenters. The van der Waals surface area contributed by atoms with E-state index in [0.717, 1.165) is 22.3 Å². The monoisotopic (exact) mass is 442 g/mol. The topological polar surface area (TPSA) is 59.5 Å². The molecule has 0 saturated carbocycles. The number of ether oxygens (including phenoxy) is 1. The molecule has 2 aromatic carbocycles. The van der Waals surface area contributed by atoms with Crippen LogP contribution >= 0.6 is 22.9 Å². The summed E-state index contributed by atoms with van der Waals surface area (Å²) in [5.74, 6) is -0.606. The van der Waals surface area contributed by atoms with E-state index in [4.69, 9.17) is 16.3 Å². The molecule has 0 unspecified atom stereocenters. The van der Waals surface area contributed by atoms with Crippen molar-refractivity contribution in [3.63, 3.8) is 0 Å². The van der Waals surface area contributed by atoms with Crippen molar-refractivity contribution < 1.29 is 14.3 Å². The van der Waals surface area contributed by atoms with Gasteiger partial charge in [0.15, 0.2) is 5.13 Å². The number of thiazole rings is 1. The largest absolute Gasteiger partial charge is 0.456 e. The van der Waals surface area contributed by atoms with E-state index in [0.29, 0.717) is 27.1 Å². The molecule has 0 saturated heterocycles. The second kappa shape index (κ2) is 8.98. The molecule has 30 heavy (non-hydrogen) atoms. The Bertz CT molecular complexity index is 1100. The van der Waals surface area contributed by atoms with E-state index in [2.05, 4.69) is 4.98 Å². The first-order chi connectivity index (χ1) is 14.2. The third-order valence-electron chi connectivity index (χ3n) is 4.76. The number of rotatable bonds is 5. The van der Waals surface area contributed by atoms with Crippen molar-refractivity contribution in [3.8, 4) is 0 Å². The lowest BCUT2D eigenvalue weighted by atomic mass is 10.1. The number of esters is 1. The fraction of sp³-hybridized carbons (Fsp3) is 0.261. The number of nitrogens with zero attached hydrogens (tertiary/aromatic N) is 2. The molecule has 0 aliphatic rings. The first-order valence-corrected chi connectivity index (χ1v) is 10.7. The molecule has 3 rings (SSSR count). The zero-order valence-electron chi connectivity index (χ0n) is 17.6. The average molecular weight is 443 g/mol. The zero-order valence-corrected chi connectivity index (χ0v) is 19.1. The molecule has 0 bridgehead atoms. The predicted molar refractivity (Wildman–Crippen MR) is 121 cm³/mol. The summed E-state index contributed by atoms with van der Waals surface area (Å²) < 4.78 is 5.41. The Morgan fingerprint density at radius 3 is 2.43 bits per heavy atom. The van der Waals surface area contributed by atoms with Gasteiger partial charge in [-0.2, -0.15) is 0 Å². The van der Waals surface area contributed by atoms with E-state index in [1.807, 2.05) is 52.0 Å². The molecule has 0 fully saturated rings. The highest BCUT2D eigenvalue weighted by Crippen LogP contribution is 2.37. The Kier molecular flexibility index (Phi) is 6.58. The van der Waals surface area contributed by atoms with Gasteiger partial charge in [0.1, 0.15) is 6.61 Å². The van der Waals surface area contributed by atoms with Crippen molar-refractivity contribution >= 4 is 45.6 Å². The minimum Gasteiger partial charge on any atom is -0.456 e. The van der Waals surface area contributed by atoms with Crippen molar-refractivity contribution in [3.05, 3.63) is 74.2 Å². The van der Waals surface area contributed by atoms with E-state index < -0.39 is 5.97 Å². The molecule has 1 aromatic heterocycles. The number of aromatic nitrogens is 1. The fourth-order valence-electron chi connectivity index (χ4n) is 3.14. The highest BCUT2D eigenvalue weighted by atomic mass is 35.5. The van der Waals surface area contributed by atoms with Gasteiger partial charge in [-0.25, -0.2) is 9.78 Å². The van der Waals surface area contributed by atoms with Gasteiger partial charge < -0.3 is 4.74 Å². The summed E-state index contributed by atoms with van der Waals surface area (Å²) in [6.45, 7) is 9.29. The first-order valence-electron chi connectivity index (χ1n) is 9.43. The third kappa shape index (κ3) is 4.71. The van der Waals surface area contributed by atoms with Crippen LogP contribution in [0.3, 0.4) is 0 Å². The highest BCUT2D eigenvalue weighted by molar-refractivity contribution is 7.14. The van der Waals surface area contributed by atoms with Crippen molar-refractivity contribution in [2.75, 3.05) is 4.90 Å². The van der Waals surface area contributed by atoms with Crippen molar-refractivity contribution in [2.24, 2.45) is 0 Å². The first kappa shape index (κ1) is 22.0. The number of carbonyl (C=O) groups is 2. The Labute approximate surface area is 185 Å². The number of aryl methyl sites for hydroxylation is 4. The molecular formula is C23H23ClN2O3S. The summed E-state index contributed by atoms with van der Waals surface area (Å²) >= 11 is 7.74. The maximum atomic E-state index is 12.4. The molecule has 1 amide bonds. The number of hydrogen-bond donors (Lipinski definition) is 0. The van der Waals surface area contributed by atoms with Gasteiger partial charge in [-0.15, -0.1) is 11.3 Å². The molecule has 1 heterocycles. The van der Waals surface area contributed by atoms with E-state index in [-0.39, 0.29) is 12.5 Å². The van der Waals surface area contributed by atoms with Gasteiger partial charge in [-0.3, -0.25) is 9.69 Å². The van der Waals surface area contributed by atoms with Gasteiger partial charge in [-0.1, -0.05) is 23.7 Å². The maximum absolute atomic E-state index is 12.4. The lowest BCUT2D eigenvalue weighted by molar-refractivity contribution is -0.115. The average Bonchev–Trinajstić information content (AvgIpc) is 3.12. The minimum absolute atomic E-state index is 0.0224. The Hall–Kier alpha value is -2.70. The molecule has 156 valence electrons. The van der Waals surface area contributed by atoms with Gasteiger partial charge >= 0.3 is 5.97 Å². The summed E-state index contributed by atoms with van der Waals surface area (Å²) in [6, 6.07) is 9.24. The van der Waals surface area contributed by atoms with E-state index in [1.165, 1.54) is 23.2 Å². The molecular weight excluding hydrogens is 420 g/mol. The number of amides is 1. The van der Waals surface area contributed by atoms with Gasteiger partial charge in [0.05, 0.1) is 22.0 Å². The predicted octanol–water partition coefficient (Wildman–Crippen LogP) is 6.07. The lowest BCUT2D eigenvalue weighted by Crippen LogP contribution is -2.24. The van der Waals surface area contributed by atoms with E-state index >= 15 is 0 Å². The molecule has 0 N–H and O–H groups in total. The van der Waals surface area contributed by atoms with Crippen LogP contribution in [-0.2, 0) is 16.1 Å². The summed E-state index contributed by atoms with van der Waals surface area (Å²) in [6.07, 6.45) is 0. The third-order valence-corrected chi connectivity index (χ3v) is 5.92. The van der Waals surface area contributed by atoms with Crippen LogP contribution in [0.4, 0.5) is 10.8 Å². The molecule has 0 radical (unpaired) electrons. The second-order valence-electron chi connectivity index (χ2n) is 7.26. The summed E-state index contributed by atoms with van der Waals surface area (Å²) in [5, 5.41) is 2.74. The molecule has 3 aromatic rings. The molecule has 0 spiro atoms. The van der Waals surface area contributed by atoms with Crippen LogP contribution in [0.5, 0.6) is 0 Å². The fourth-order valence-corrected chi connectivity index (χ4v) is 4.40. The van der Waals surface area contributed by atoms with Gasteiger partial charge in [0, 0.05) is 12.3 Å². The van der Waals surface area contributed by atoms with Crippen molar-refractivity contribution in [1.29, 1.82) is 0 Å². The van der Waals surface area contributed by atoms with E-state index in [1.54, 1.807) is 11.4 Å². The van der Waals surface area contributed by atoms with Gasteiger partial charge in [0.2, 0.25) is 5.91 Å². The van der Waals surface area contributed by atoms with Crippen LogP contribution in [0.25, 0.3) is 0 Å². The van der Waals surface area contributed by atoms with Crippen molar-refractivity contribution in [1.82, 2.24) is 4.98 Å². The second-order valence-corrected chi connectivity index (χ2v) is 8.51. The van der Waals surface area contributed by atoms with Crippen LogP contribution in [0, 0.1) is 27.7 Å². The summed E-state index contributed by atoms with van der Waals surface area (Å²) in [7, 11) is 0. The van der Waals surface area contributed by atoms with Gasteiger partial charge in [-0.05, 0) is 68.1 Å². The number of carbonyl (C=O) groups excluding carboxylic acids is 2.